The summed E-state index contributed by atoms with van der Waals surface area (Å²) in [5.74, 6) is -3.05. The first-order chi connectivity index (χ1) is 15.6. The number of rotatable bonds is 15. The van der Waals surface area contributed by atoms with Crippen molar-refractivity contribution in [3.8, 4) is 5.75 Å². The number of carbonyl (C=O) groups is 1. The van der Waals surface area contributed by atoms with Gasteiger partial charge in [0.05, 0.1) is 5.56 Å². The maximum absolute atomic E-state index is 14.5. The number of carbonyl (C=O) groups excluding carboxylic acids is 1. The first kappa shape index (κ1) is 26.0. The quantitative estimate of drug-likeness (QED) is 0.156. The van der Waals surface area contributed by atoms with Crippen molar-refractivity contribution in [2.75, 3.05) is 0 Å². The molecular formula is C28H38F2O2. The Bertz CT molecular complexity index is 815. The summed E-state index contributed by atoms with van der Waals surface area (Å²) in [4.78, 5) is 12.4. The van der Waals surface area contributed by atoms with Crippen LogP contribution in [0.4, 0.5) is 8.78 Å². The monoisotopic (exact) mass is 444 g/mol. The number of benzene rings is 2. The predicted octanol–water partition coefficient (Wildman–Crippen LogP) is 8.60. The zero-order chi connectivity index (χ0) is 23.2. The summed E-state index contributed by atoms with van der Waals surface area (Å²) in [7, 11) is 0. The van der Waals surface area contributed by atoms with Crippen molar-refractivity contribution in [3.63, 3.8) is 0 Å². The van der Waals surface area contributed by atoms with Crippen LogP contribution in [0.5, 0.6) is 5.75 Å². The molecule has 0 aliphatic carbocycles. The number of hydrogen-bond donors (Lipinski definition) is 0. The van der Waals surface area contributed by atoms with Gasteiger partial charge in [-0.2, -0.15) is 4.39 Å². The minimum Gasteiger partial charge on any atom is -0.420 e. The molecule has 0 aromatic heterocycles. The third-order valence-electron chi connectivity index (χ3n) is 5.89. The van der Waals surface area contributed by atoms with Gasteiger partial charge in [-0.1, -0.05) is 89.8 Å². The van der Waals surface area contributed by atoms with Gasteiger partial charge in [0.15, 0.2) is 11.6 Å². The van der Waals surface area contributed by atoms with E-state index in [-0.39, 0.29) is 5.75 Å². The van der Waals surface area contributed by atoms with E-state index in [2.05, 4.69) is 13.8 Å². The van der Waals surface area contributed by atoms with E-state index in [1.807, 2.05) is 12.1 Å². The van der Waals surface area contributed by atoms with Crippen molar-refractivity contribution >= 4 is 5.97 Å². The molecule has 0 saturated heterocycles. The molecule has 4 heteroatoms. The number of esters is 1. The van der Waals surface area contributed by atoms with Crippen LogP contribution in [0.25, 0.3) is 0 Å². The van der Waals surface area contributed by atoms with Gasteiger partial charge in [0.1, 0.15) is 0 Å². The van der Waals surface area contributed by atoms with Crippen molar-refractivity contribution in [1.29, 1.82) is 0 Å². The van der Waals surface area contributed by atoms with Gasteiger partial charge >= 0.3 is 5.97 Å². The largest absolute Gasteiger partial charge is 0.420 e. The Morgan fingerprint density at radius 1 is 0.688 bits per heavy atom. The number of halogens is 2. The molecule has 2 aromatic rings. The molecule has 0 saturated carbocycles. The van der Waals surface area contributed by atoms with E-state index < -0.39 is 17.6 Å². The first-order valence-electron chi connectivity index (χ1n) is 12.3. The molecule has 0 amide bonds. The molecule has 2 aromatic carbocycles. The van der Waals surface area contributed by atoms with Gasteiger partial charge in [0, 0.05) is 0 Å². The number of hydrogen-bond acceptors (Lipinski definition) is 2. The summed E-state index contributed by atoms with van der Waals surface area (Å²) in [6.45, 7) is 4.36. The van der Waals surface area contributed by atoms with E-state index in [0.717, 1.165) is 37.7 Å². The number of unbranched alkanes of at least 4 members (excludes halogenated alkanes) is 9. The second-order valence-corrected chi connectivity index (χ2v) is 8.62. The standard InChI is InChI=1S/C28H38F2O2/c1-3-5-7-9-11-13-15-23-20-21-25(27(30)26(23)29)32-28(31)24-18-16-22(17-19-24)14-12-10-8-6-4-2/h16-21H,3-15H2,1-2H3. The lowest BCUT2D eigenvalue weighted by Gasteiger charge is -2.10. The first-order valence-corrected chi connectivity index (χ1v) is 12.3. The molecule has 0 aliphatic heterocycles. The predicted molar refractivity (Wildman–Crippen MR) is 127 cm³/mol. The van der Waals surface area contributed by atoms with E-state index in [1.54, 1.807) is 12.1 Å². The molecule has 2 nitrogen and oxygen atoms in total. The summed E-state index contributed by atoms with van der Waals surface area (Å²) in [6.07, 6.45) is 14.1. The number of aryl methyl sites for hydroxylation is 2. The lowest BCUT2D eigenvalue weighted by Crippen LogP contribution is -2.11. The second kappa shape index (κ2) is 14.8. The average molecular weight is 445 g/mol. The maximum atomic E-state index is 14.5. The summed E-state index contributed by atoms with van der Waals surface area (Å²) in [5.41, 5.74) is 1.83. The molecule has 0 unspecified atom stereocenters. The van der Waals surface area contributed by atoms with Gasteiger partial charge in [-0.05, 0) is 55.0 Å². The van der Waals surface area contributed by atoms with Gasteiger partial charge in [0.25, 0.3) is 0 Å². The third-order valence-corrected chi connectivity index (χ3v) is 5.89. The van der Waals surface area contributed by atoms with E-state index in [1.165, 1.54) is 57.1 Å². The lowest BCUT2D eigenvalue weighted by molar-refractivity contribution is 0.0726. The smallest absolute Gasteiger partial charge is 0.343 e. The van der Waals surface area contributed by atoms with Crippen molar-refractivity contribution in [3.05, 3.63) is 64.7 Å². The molecule has 0 N–H and O–H groups in total. The van der Waals surface area contributed by atoms with Gasteiger partial charge in [-0.15, -0.1) is 0 Å². The second-order valence-electron chi connectivity index (χ2n) is 8.62. The highest BCUT2D eigenvalue weighted by molar-refractivity contribution is 5.91. The fraction of sp³-hybridized carbons (Fsp3) is 0.536. The molecule has 32 heavy (non-hydrogen) atoms. The third kappa shape index (κ3) is 8.72. The van der Waals surface area contributed by atoms with Crippen LogP contribution in [0.15, 0.2) is 36.4 Å². The van der Waals surface area contributed by atoms with Crippen LogP contribution < -0.4 is 4.74 Å². The van der Waals surface area contributed by atoms with Gasteiger partial charge in [-0.25, -0.2) is 9.18 Å². The van der Waals surface area contributed by atoms with Crippen LogP contribution in [0.3, 0.4) is 0 Å². The Morgan fingerprint density at radius 3 is 1.88 bits per heavy atom. The maximum Gasteiger partial charge on any atom is 0.343 e. The Balaban J connectivity index is 1.86. The van der Waals surface area contributed by atoms with Crippen LogP contribution in [0.2, 0.25) is 0 Å². The van der Waals surface area contributed by atoms with Crippen LogP contribution >= 0.6 is 0 Å². The van der Waals surface area contributed by atoms with Crippen molar-refractivity contribution in [1.82, 2.24) is 0 Å². The topological polar surface area (TPSA) is 26.3 Å². The van der Waals surface area contributed by atoms with Gasteiger partial charge in [-0.3, -0.25) is 0 Å². The molecule has 0 fully saturated rings. The Kier molecular flexibility index (Phi) is 12.0. The molecule has 0 spiro atoms. The highest BCUT2D eigenvalue weighted by atomic mass is 19.2. The molecule has 0 heterocycles. The van der Waals surface area contributed by atoms with Crippen molar-refractivity contribution < 1.29 is 18.3 Å². The molecule has 0 aliphatic rings. The Hall–Kier alpha value is -2.23. The zero-order valence-electron chi connectivity index (χ0n) is 19.7. The molecule has 0 bridgehead atoms. The summed E-state index contributed by atoms with van der Waals surface area (Å²) < 4.78 is 34.0. The van der Waals surface area contributed by atoms with Crippen LogP contribution in [0.1, 0.15) is 106 Å². The van der Waals surface area contributed by atoms with Crippen LogP contribution in [-0.4, -0.2) is 5.97 Å². The molecule has 0 radical (unpaired) electrons. The van der Waals surface area contributed by atoms with Crippen molar-refractivity contribution in [2.45, 2.75) is 97.3 Å². The summed E-state index contributed by atoms with van der Waals surface area (Å²) >= 11 is 0. The Morgan fingerprint density at radius 2 is 1.25 bits per heavy atom. The average Bonchev–Trinajstić information content (AvgIpc) is 2.80. The molecule has 2 rings (SSSR count). The van der Waals surface area contributed by atoms with E-state index in [4.69, 9.17) is 4.74 Å². The minimum atomic E-state index is -1.09. The van der Waals surface area contributed by atoms with E-state index in [0.29, 0.717) is 17.5 Å². The minimum absolute atomic E-state index is 0.329. The van der Waals surface area contributed by atoms with E-state index >= 15 is 0 Å². The van der Waals surface area contributed by atoms with Crippen molar-refractivity contribution in [2.24, 2.45) is 0 Å². The highest BCUT2D eigenvalue weighted by Gasteiger charge is 2.18. The SMILES string of the molecule is CCCCCCCCc1ccc(OC(=O)c2ccc(CCCCCCC)cc2)c(F)c1F. The van der Waals surface area contributed by atoms with Crippen LogP contribution in [0, 0.1) is 11.6 Å². The summed E-state index contributed by atoms with van der Waals surface area (Å²) in [5, 5.41) is 0. The summed E-state index contributed by atoms with van der Waals surface area (Å²) in [6, 6.07) is 10.0. The van der Waals surface area contributed by atoms with E-state index in [9.17, 15) is 13.6 Å². The normalized spacial score (nSPS) is 11.0. The lowest BCUT2D eigenvalue weighted by atomic mass is 10.0. The highest BCUT2D eigenvalue weighted by Crippen LogP contribution is 2.25. The van der Waals surface area contributed by atoms with Crippen LogP contribution in [-0.2, 0) is 12.8 Å². The Labute approximate surface area is 192 Å². The van der Waals surface area contributed by atoms with Gasteiger partial charge in [0.2, 0.25) is 5.82 Å². The zero-order valence-corrected chi connectivity index (χ0v) is 19.7. The fourth-order valence-corrected chi connectivity index (χ4v) is 3.84. The molecule has 0 atom stereocenters. The fourth-order valence-electron chi connectivity index (χ4n) is 3.84. The molecular weight excluding hydrogens is 406 g/mol. The molecule has 176 valence electrons. The van der Waals surface area contributed by atoms with Gasteiger partial charge < -0.3 is 4.74 Å². The number of ether oxygens (including phenoxy) is 1.